The Balaban J connectivity index is 2.01. The van der Waals surface area contributed by atoms with Crippen LogP contribution in [0.2, 0.25) is 0 Å². The molecule has 0 spiro atoms. The number of amides is 1. The Hall–Kier alpha value is -2.41. The number of aromatic nitrogens is 1. The van der Waals surface area contributed by atoms with Crippen molar-refractivity contribution in [3.8, 4) is 0 Å². The molecule has 0 aromatic carbocycles. The van der Waals surface area contributed by atoms with Crippen LogP contribution in [-0.4, -0.2) is 34.9 Å². The lowest BCUT2D eigenvalue weighted by atomic mass is 10.0. The number of Topliss-reactive ketones (excluding diaryl/α,β-unsaturated/α-hetero) is 1. The first-order chi connectivity index (χ1) is 13.3. The number of ketones is 1. The molecule has 1 N–H and O–H groups in total. The Kier molecular flexibility index (Phi) is 7.57. The molecule has 152 valence electrons. The summed E-state index contributed by atoms with van der Waals surface area (Å²) in [6, 6.07) is 4.49. The van der Waals surface area contributed by atoms with E-state index in [-0.39, 0.29) is 24.2 Å². The largest absolute Gasteiger partial charge is 0.456 e. The third kappa shape index (κ3) is 5.10. The van der Waals surface area contributed by atoms with E-state index in [1.165, 1.54) is 11.3 Å². The number of hydrogen-bond donors (Lipinski definition) is 1. The summed E-state index contributed by atoms with van der Waals surface area (Å²) in [5.74, 6) is -1.33. The van der Waals surface area contributed by atoms with Crippen LogP contribution in [0.4, 0.5) is 0 Å². The van der Waals surface area contributed by atoms with E-state index in [1.54, 1.807) is 17.5 Å². The Labute approximate surface area is 169 Å². The molecule has 7 heteroatoms. The number of nitrogens with one attached hydrogen (secondary N) is 1. The number of aryl methyl sites for hydroxylation is 1. The first-order valence-corrected chi connectivity index (χ1v) is 10.3. The standard InChI is InChI=1S/C21H28N2O4S/c1-6-9-23-14(4)11-16(15(23)5)17(24)12-27-21(26)19(13(2)3)22-20(25)18-8-7-10-28-18/h7-8,10-11,13,19H,6,9,12H2,1-5H3,(H,22,25)/t19-/m0/s1. The number of esters is 1. The molecule has 0 aliphatic heterocycles. The van der Waals surface area contributed by atoms with Crippen LogP contribution >= 0.6 is 11.3 Å². The van der Waals surface area contributed by atoms with Crippen molar-refractivity contribution in [2.75, 3.05) is 6.61 Å². The number of carbonyl (C=O) groups excluding carboxylic acids is 3. The van der Waals surface area contributed by atoms with Gasteiger partial charge in [-0.15, -0.1) is 11.3 Å². The number of carbonyl (C=O) groups is 3. The molecule has 0 saturated heterocycles. The van der Waals surface area contributed by atoms with Gasteiger partial charge in [0.25, 0.3) is 5.91 Å². The van der Waals surface area contributed by atoms with E-state index in [1.807, 2.05) is 33.8 Å². The van der Waals surface area contributed by atoms with Crippen molar-refractivity contribution in [3.05, 3.63) is 45.4 Å². The van der Waals surface area contributed by atoms with Gasteiger partial charge in [0.1, 0.15) is 6.04 Å². The van der Waals surface area contributed by atoms with Gasteiger partial charge in [0.05, 0.1) is 4.88 Å². The molecule has 2 aromatic rings. The van der Waals surface area contributed by atoms with Crippen LogP contribution in [0.5, 0.6) is 0 Å². The Morgan fingerprint density at radius 3 is 2.54 bits per heavy atom. The van der Waals surface area contributed by atoms with Crippen molar-refractivity contribution in [3.63, 3.8) is 0 Å². The fourth-order valence-electron chi connectivity index (χ4n) is 3.07. The van der Waals surface area contributed by atoms with E-state index in [2.05, 4.69) is 16.8 Å². The summed E-state index contributed by atoms with van der Waals surface area (Å²) in [7, 11) is 0. The van der Waals surface area contributed by atoms with Gasteiger partial charge in [-0.05, 0) is 43.7 Å². The number of hydrogen-bond acceptors (Lipinski definition) is 5. The van der Waals surface area contributed by atoms with Gasteiger partial charge in [0.2, 0.25) is 5.78 Å². The molecular formula is C21H28N2O4S. The lowest BCUT2D eigenvalue weighted by Crippen LogP contribution is -2.45. The topological polar surface area (TPSA) is 77.4 Å². The minimum Gasteiger partial charge on any atom is -0.456 e. The first kappa shape index (κ1) is 21.9. The third-order valence-electron chi connectivity index (χ3n) is 4.62. The summed E-state index contributed by atoms with van der Waals surface area (Å²) in [6.45, 7) is 10.1. The molecule has 2 heterocycles. The van der Waals surface area contributed by atoms with Crippen LogP contribution in [0.1, 0.15) is 58.6 Å². The number of ether oxygens (including phenoxy) is 1. The molecule has 28 heavy (non-hydrogen) atoms. The average molecular weight is 405 g/mol. The third-order valence-corrected chi connectivity index (χ3v) is 5.49. The number of thiophene rings is 1. The van der Waals surface area contributed by atoms with E-state index in [9.17, 15) is 14.4 Å². The molecule has 0 unspecified atom stereocenters. The maximum Gasteiger partial charge on any atom is 0.329 e. The van der Waals surface area contributed by atoms with Crippen LogP contribution in [-0.2, 0) is 16.1 Å². The lowest BCUT2D eigenvalue weighted by molar-refractivity contribution is -0.145. The van der Waals surface area contributed by atoms with Gasteiger partial charge < -0.3 is 14.6 Å². The molecular weight excluding hydrogens is 376 g/mol. The van der Waals surface area contributed by atoms with Crippen LogP contribution in [0, 0.1) is 19.8 Å². The first-order valence-electron chi connectivity index (χ1n) is 9.47. The van der Waals surface area contributed by atoms with E-state index in [4.69, 9.17) is 4.74 Å². The van der Waals surface area contributed by atoms with E-state index >= 15 is 0 Å². The SMILES string of the molecule is CCCn1c(C)cc(C(=O)COC(=O)[C@@H](NC(=O)c2cccs2)C(C)C)c1C. The fraction of sp³-hybridized carbons (Fsp3) is 0.476. The van der Waals surface area contributed by atoms with Crippen molar-refractivity contribution in [1.29, 1.82) is 0 Å². The van der Waals surface area contributed by atoms with Gasteiger partial charge in [-0.25, -0.2) is 4.79 Å². The van der Waals surface area contributed by atoms with Gasteiger partial charge in [-0.1, -0.05) is 26.8 Å². The zero-order chi connectivity index (χ0) is 20.8. The minimum absolute atomic E-state index is 0.166. The highest BCUT2D eigenvalue weighted by Crippen LogP contribution is 2.17. The van der Waals surface area contributed by atoms with Crippen molar-refractivity contribution < 1.29 is 19.1 Å². The van der Waals surface area contributed by atoms with Crippen LogP contribution in [0.25, 0.3) is 0 Å². The molecule has 0 radical (unpaired) electrons. The van der Waals surface area contributed by atoms with Gasteiger partial charge in [0.15, 0.2) is 6.61 Å². The minimum atomic E-state index is -0.810. The highest BCUT2D eigenvalue weighted by atomic mass is 32.1. The van der Waals surface area contributed by atoms with Gasteiger partial charge >= 0.3 is 5.97 Å². The van der Waals surface area contributed by atoms with Crippen LogP contribution < -0.4 is 5.32 Å². The second-order valence-electron chi connectivity index (χ2n) is 7.14. The summed E-state index contributed by atoms with van der Waals surface area (Å²) >= 11 is 1.30. The van der Waals surface area contributed by atoms with Gasteiger partial charge in [-0.2, -0.15) is 0 Å². The van der Waals surface area contributed by atoms with Crippen LogP contribution in [0.3, 0.4) is 0 Å². The maximum atomic E-state index is 12.6. The Morgan fingerprint density at radius 2 is 1.96 bits per heavy atom. The predicted molar refractivity (Wildman–Crippen MR) is 110 cm³/mol. The normalized spacial score (nSPS) is 12.1. The summed E-state index contributed by atoms with van der Waals surface area (Å²) in [4.78, 5) is 37.8. The van der Waals surface area contributed by atoms with Crippen molar-refractivity contribution in [1.82, 2.24) is 9.88 Å². The summed E-state index contributed by atoms with van der Waals surface area (Å²) in [5.41, 5.74) is 2.46. The van der Waals surface area contributed by atoms with E-state index in [0.29, 0.717) is 10.4 Å². The van der Waals surface area contributed by atoms with Crippen molar-refractivity contribution in [2.45, 2.75) is 53.6 Å². The molecule has 0 aliphatic rings. The molecule has 1 amide bonds. The molecule has 0 saturated carbocycles. The second-order valence-corrected chi connectivity index (χ2v) is 8.09. The molecule has 0 aliphatic carbocycles. The number of nitrogens with zero attached hydrogens (tertiary/aromatic N) is 1. The molecule has 6 nitrogen and oxygen atoms in total. The molecule has 1 atom stereocenters. The van der Waals surface area contributed by atoms with Gasteiger partial charge in [0, 0.05) is 23.5 Å². The van der Waals surface area contributed by atoms with Gasteiger partial charge in [-0.3, -0.25) is 9.59 Å². The highest BCUT2D eigenvalue weighted by molar-refractivity contribution is 7.12. The highest BCUT2D eigenvalue weighted by Gasteiger charge is 2.27. The lowest BCUT2D eigenvalue weighted by Gasteiger charge is -2.20. The quantitative estimate of drug-likeness (QED) is 0.510. The summed E-state index contributed by atoms with van der Waals surface area (Å²) < 4.78 is 7.35. The van der Waals surface area contributed by atoms with Crippen LogP contribution in [0.15, 0.2) is 23.6 Å². The Morgan fingerprint density at radius 1 is 1.25 bits per heavy atom. The van der Waals surface area contributed by atoms with Crippen molar-refractivity contribution in [2.24, 2.45) is 5.92 Å². The van der Waals surface area contributed by atoms with Crippen molar-refractivity contribution >= 4 is 29.0 Å². The molecule has 2 aromatic heterocycles. The average Bonchev–Trinajstić information content (AvgIpc) is 3.28. The molecule has 2 rings (SSSR count). The number of rotatable bonds is 9. The Bertz CT molecular complexity index is 837. The monoisotopic (exact) mass is 404 g/mol. The summed E-state index contributed by atoms with van der Waals surface area (Å²) in [5, 5.41) is 4.50. The predicted octanol–water partition coefficient (Wildman–Crippen LogP) is 3.76. The zero-order valence-corrected chi connectivity index (χ0v) is 17.9. The smallest absolute Gasteiger partial charge is 0.329 e. The summed E-state index contributed by atoms with van der Waals surface area (Å²) in [6.07, 6.45) is 0.971. The molecule has 0 fully saturated rings. The van der Waals surface area contributed by atoms with E-state index in [0.717, 1.165) is 24.4 Å². The molecule has 0 bridgehead atoms. The van der Waals surface area contributed by atoms with E-state index < -0.39 is 12.0 Å². The maximum absolute atomic E-state index is 12.6. The second kappa shape index (κ2) is 9.68. The zero-order valence-electron chi connectivity index (χ0n) is 17.1. The fourth-order valence-corrected chi connectivity index (χ4v) is 3.70.